The first-order chi connectivity index (χ1) is 13.7. The van der Waals surface area contributed by atoms with Crippen LogP contribution in [0.2, 0.25) is 0 Å². The van der Waals surface area contributed by atoms with Crippen molar-refractivity contribution in [1.29, 1.82) is 5.41 Å². The highest BCUT2D eigenvalue weighted by Gasteiger charge is 2.13. The molecule has 4 N–H and O–H groups in total. The molecule has 0 unspecified atom stereocenters. The third-order valence-corrected chi connectivity index (χ3v) is 6.73. The molecule has 0 aliphatic rings. The molecule has 0 spiro atoms. The van der Waals surface area contributed by atoms with Crippen LogP contribution in [0.25, 0.3) is 30.6 Å². The summed E-state index contributed by atoms with van der Waals surface area (Å²) < 4.78 is 2.40. The number of nitrogens with zero attached hydrogens (tertiary/aromatic N) is 1. The van der Waals surface area contributed by atoms with Gasteiger partial charge in [-0.15, -0.1) is 22.7 Å². The summed E-state index contributed by atoms with van der Waals surface area (Å²) >= 11 is 3.40. The van der Waals surface area contributed by atoms with E-state index in [2.05, 4.69) is 39.9 Å². The number of hydrogen-bond acceptors (Lipinski definition) is 6. The lowest BCUT2D eigenvalue weighted by Gasteiger charge is -2.13. The quantitative estimate of drug-likeness (QED) is 0.238. The van der Waals surface area contributed by atoms with Crippen LogP contribution in [-0.2, 0) is 0 Å². The van der Waals surface area contributed by atoms with Gasteiger partial charge in [-0.3, -0.25) is 0 Å². The SMILES string of the molecule is N=Cc1cc(Nc2nccc3sccc23)cc(-c2cc3ccccc3s2)c1N. The van der Waals surface area contributed by atoms with Crippen LogP contribution in [0.4, 0.5) is 17.2 Å². The first-order valence-corrected chi connectivity index (χ1v) is 10.4. The summed E-state index contributed by atoms with van der Waals surface area (Å²) in [5.41, 5.74) is 9.51. The Kier molecular flexibility index (Phi) is 4.07. The van der Waals surface area contributed by atoms with E-state index < -0.39 is 0 Å². The van der Waals surface area contributed by atoms with Gasteiger partial charge in [0.1, 0.15) is 5.82 Å². The van der Waals surface area contributed by atoms with Crippen molar-refractivity contribution in [3.05, 3.63) is 71.7 Å². The number of benzene rings is 2. The molecule has 2 aromatic carbocycles. The molecular weight excluding hydrogens is 384 g/mol. The molecule has 0 aliphatic heterocycles. The van der Waals surface area contributed by atoms with E-state index in [0.717, 1.165) is 27.3 Å². The zero-order valence-electron chi connectivity index (χ0n) is 14.8. The first kappa shape index (κ1) is 16.9. The van der Waals surface area contributed by atoms with Gasteiger partial charge >= 0.3 is 0 Å². The Morgan fingerprint density at radius 2 is 1.93 bits per heavy atom. The molecule has 0 saturated carbocycles. The summed E-state index contributed by atoms with van der Waals surface area (Å²) in [4.78, 5) is 5.59. The number of pyridine rings is 1. The number of anilines is 3. The maximum absolute atomic E-state index is 7.79. The molecular formula is C22H16N4S2. The van der Waals surface area contributed by atoms with Gasteiger partial charge in [-0.25, -0.2) is 4.98 Å². The fourth-order valence-corrected chi connectivity index (χ4v) is 5.19. The first-order valence-electron chi connectivity index (χ1n) is 8.75. The summed E-state index contributed by atoms with van der Waals surface area (Å²) in [5, 5.41) is 15.6. The van der Waals surface area contributed by atoms with E-state index >= 15 is 0 Å². The van der Waals surface area contributed by atoms with E-state index in [9.17, 15) is 0 Å². The van der Waals surface area contributed by atoms with Crippen LogP contribution in [-0.4, -0.2) is 11.2 Å². The fraction of sp³-hybridized carbons (Fsp3) is 0. The van der Waals surface area contributed by atoms with Crippen molar-refractivity contribution < 1.29 is 0 Å². The van der Waals surface area contributed by atoms with Crippen molar-refractivity contribution in [2.24, 2.45) is 0 Å². The molecule has 5 rings (SSSR count). The molecule has 3 heterocycles. The Morgan fingerprint density at radius 3 is 2.79 bits per heavy atom. The van der Waals surface area contributed by atoms with Crippen LogP contribution < -0.4 is 11.1 Å². The van der Waals surface area contributed by atoms with Gasteiger partial charge in [0.25, 0.3) is 0 Å². The number of aromatic nitrogens is 1. The van der Waals surface area contributed by atoms with Crippen molar-refractivity contribution in [3.63, 3.8) is 0 Å². The van der Waals surface area contributed by atoms with Crippen LogP contribution in [0.5, 0.6) is 0 Å². The van der Waals surface area contributed by atoms with E-state index in [1.165, 1.54) is 21.0 Å². The van der Waals surface area contributed by atoms with E-state index in [-0.39, 0.29) is 0 Å². The Hall–Kier alpha value is -3.22. The summed E-state index contributed by atoms with van der Waals surface area (Å²) in [6.07, 6.45) is 3.11. The highest BCUT2D eigenvalue weighted by atomic mass is 32.1. The number of rotatable bonds is 4. The van der Waals surface area contributed by atoms with Gasteiger partial charge in [-0.1, -0.05) is 18.2 Å². The summed E-state index contributed by atoms with van der Waals surface area (Å²) in [5.74, 6) is 0.807. The molecule has 3 aromatic heterocycles. The lowest BCUT2D eigenvalue weighted by atomic mass is 10.0. The average molecular weight is 401 g/mol. The second-order valence-corrected chi connectivity index (χ2v) is 8.47. The minimum absolute atomic E-state index is 0.619. The number of nitrogens with two attached hydrogens (primary N) is 1. The van der Waals surface area contributed by atoms with Gasteiger partial charge in [0, 0.05) is 54.6 Å². The van der Waals surface area contributed by atoms with E-state index in [0.29, 0.717) is 11.3 Å². The predicted molar refractivity (Wildman–Crippen MR) is 122 cm³/mol. The largest absolute Gasteiger partial charge is 0.398 e. The van der Waals surface area contributed by atoms with Crippen LogP contribution in [0, 0.1) is 5.41 Å². The zero-order valence-corrected chi connectivity index (χ0v) is 16.4. The molecule has 0 fully saturated rings. The standard InChI is InChI=1S/C22H16N4S2/c23-12-14-9-15(26-22-16-6-8-27-19(16)5-7-25-22)11-17(21(14)24)20-10-13-3-1-2-4-18(13)28-20/h1-12,23H,24H2,(H,25,26). The summed E-state index contributed by atoms with van der Waals surface area (Å²) in [6, 6.07) is 18.5. The maximum atomic E-state index is 7.79. The molecule has 0 saturated heterocycles. The normalized spacial score (nSPS) is 11.1. The molecule has 0 radical (unpaired) electrons. The number of thiophene rings is 2. The van der Waals surface area contributed by atoms with Gasteiger partial charge < -0.3 is 16.5 Å². The van der Waals surface area contributed by atoms with Gasteiger partial charge in [-0.05, 0) is 47.2 Å². The second kappa shape index (κ2) is 6.74. The van der Waals surface area contributed by atoms with E-state index in [1.54, 1.807) is 22.7 Å². The fourth-order valence-electron chi connectivity index (χ4n) is 3.32. The van der Waals surface area contributed by atoms with Crippen LogP contribution in [0.15, 0.2) is 66.2 Å². The Labute approximate surface area is 169 Å². The van der Waals surface area contributed by atoms with Gasteiger partial charge in [0.15, 0.2) is 0 Å². The summed E-state index contributed by atoms with van der Waals surface area (Å²) in [7, 11) is 0. The summed E-state index contributed by atoms with van der Waals surface area (Å²) in [6.45, 7) is 0. The third kappa shape index (κ3) is 2.83. The van der Waals surface area contributed by atoms with Gasteiger partial charge in [0.2, 0.25) is 0 Å². The van der Waals surface area contributed by atoms with Crippen LogP contribution in [0.1, 0.15) is 5.56 Å². The smallest absolute Gasteiger partial charge is 0.139 e. The molecule has 5 aromatic rings. The number of nitrogens with one attached hydrogen (secondary N) is 2. The molecule has 4 nitrogen and oxygen atoms in total. The number of hydrogen-bond donors (Lipinski definition) is 3. The van der Waals surface area contributed by atoms with Gasteiger partial charge in [-0.2, -0.15) is 0 Å². The van der Waals surface area contributed by atoms with Crippen molar-refractivity contribution in [2.45, 2.75) is 0 Å². The van der Waals surface area contributed by atoms with Crippen molar-refractivity contribution in [1.82, 2.24) is 4.98 Å². The predicted octanol–water partition coefficient (Wildman–Crippen LogP) is 6.50. The van der Waals surface area contributed by atoms with Crippen LogP contribution >= 0.6 is 22.7 Å². The van der Waals surface area contributed by atoms with Crippen LogP contribution in [0.3, 0.4) is 0 Å². The van der Waals surface area contributed by atoms with E-state index in [4.69, 9.17) is 11.1 Å². The maximum Gasteiger partial charge on any atom is 0.139 e. The molecule has 6 heteroatoms. The Morgan fingerprint density at radius 1 is 1.04 bits per heavy atom. The molecule has 0 amide bonds. The van der Waals surface area contributed by atoms with Crippen molar-refractivity contribution >= 4 is 66.3 Å². The number of fused-ring (bicyclic) bond motifs is 2. The minimum Gasteiger partial charge on any atom is -0.398 e. The molecule has 0 aliphatic carbocycles. The van der Waals surface area contributed by atoms with E-state index in [1.807, 2.05) is 36.5 Å². The Bertz CT molecular complexity index is 1300. The second-order valence-electron chi connectivity index (χ2n) is 6.44. The minimum atomic E-state index is 0.619. The highest BCUT2D eigenvalue weighted by molar-refractivity contribution is 7.22. The zero-order chi connectivity index (χ0) is 19.1. The van der Waals surface area contributed by atoms with Crippen molar-refractivity contribution in [2.75, 3.05) is 11.1 Å². The third-order valence-electron chi connectivity index (χ3n) is 4.70. The Balaban J connectivity index is 1.64. The number of nitrogen functional groups attached to an aromatic ring is 1. The monoisotopic (exact) mass is 400 g/mol. The lowest BCUT2D eigenvalue weighted by Crippen LogP contribution is -2.00. The molecule has 0 atom stereocenters. The van der Waals surface area contributed by atoms with Crippen molar-refractivity contribution in [3.8, 4) is 10.4 Å². The molecule has 28 heavy (non-hydrogen) atoms. The average Bonchev–Trinajstić information content (AvgIpc) is 3.36. The highest BCUT2D eigenvalue weighted by Crippen LogP contribution is 2.39. The molecule has 136 valence electrons. The van der Waals surface area contributed by atoms with Gasteiger partial charge in [0.05, 0.1) is 0 Å². The molecule has 0 bridgehead atoms. The topological polar surface area (TPSA) is 74.8 Å². The lowest BCUT2D eigenvalue weighted by molar-refractivity contribution is 1.34.